The number of nitrogens with zero attached hydrogens (tertiary/aromatic N) is 3. The fraction of sp³-hybridized carbons (Fsp3) is 0.467. The molecule has 7 heteroatoms. The molecule has 3 rings (SSSR count). The summed E-state index contributed by atoms with van der Waals surface area (Å²) in [5, 5.41) is 7.37. The summed E-state index contributed by atoms with van der Waals surface area (Å²) in [7, 11) is 1.79. The zero-order chi connectivity index (χ0) is 14.7. The molecular weight excluding hydrogens is 413 g/mol. The average molecular weight is 434 g/mol. The lowest BCUT2D eigenvalue weighted by molar-refractivity contribution is 0.314. The Labute approximate surface area is 152 Å². The lowest BCUT2D eigenvalue weighted by atomic mass is 9.85. The Morgan fingerprint density at radius 3 is 2.86 bits per heavy atom. The minimum atomic E-state index is 0. The van der Waals surface area contributed by atoms with Crippen molar-refractivity contribution >= 4 is 47.2 Å². The molecule has 0 aliphatic heterocycles. The number of pyridine rings is 1. The first-order chi connectivity index (χ1) is 10.2. The van der Waals surface area contributed by atoms with E-state index in [1.165, 1.54) is 19.3 Å². The molecule has 1 saturated carbocycles. The Balaban J connectivity index is 0.00000176. The first-order valence-corrected chi connectivity index (χ1v) is 7.70. The van der Waals surface area contributed by atoms with Gasteiger partial charge in [0.1, 0.15) is 5.65 Å². The third-order valence-corrected chi connectivity index (χ3v) is 4.13. The van der Waals surface area contributed by atoms with E-state index in [1.807, 2.05) is 28.9 Å². The van der Waals surface area contributed by atoms with Crippen LogP contribution in [0, 0.1) is 5.92 Å². The van der Waals surface area contributed by atoms with Crippen molar-refractivity contribution in [2.75, 3.05) is 13.6 Å². The van der Waals surface area contributed by atoms with E-state index in [9.17, 15) is 0 Å². The minimum Gasteiger partial charge on any atom is -0.356 e. The zero-order valence-electron chi connectivity index (χ0n) is 12.6. The Morgan fingerprint density at radius 2 is 2.18 bits per heavy atom. The van der Waals surface area contributed by atoms with Crippen LogP contribution in [0.25, 0.3) is 5.65 Å². The van der Waals surface area contributed by atoms with Gasteiger partial charge in [0.25, 0.3) is 0 Å². The number of hydrogen-bond acceptors (Lipinski definition) is 2. The number of fused-ring (bicyclic) bond motifs is 1. The van der Waals surface area contributed by atoms with E-state index in [0.717, 1.165) is 29.8 Å². The van der Waals surface area contributed by atoms with E-state index in [1.54, 1.807) is 7.05 Å². The van der Waals surface area contributed by atoms with E-state index in [4.69, 9.17) is 11.6 Å². The van der Waals surface area contributed by atoms with E-state index < -0.39 is 0 Å². The van der Waals surface area contributed by atoms with Crippen LogP contribution < -0.4 is 10.6 Å². The van der Waals surface area contributed by atoms with E-state index >= 15 is 0 Å². The maximum absolute atomic E-state index is 5.97. The molecule has 0 saturated heterocycles. The Kier molecular flexibility index (Phi) is 6.31. The second kappa shape index (κ2) is 8.01. The first-order valence-electron chi connectivity index (χ1n) is 7.32. The van der Waals surface area contributed by atoms with Crippen LogP contribution >= 0.6 is 35.6 Å². The number of rotatable bonds is 4. The Bertz CT molecular complexity index is 650. The molecule has 1 fully saturated rings. The number of aliphatic imine (C=N–C) groups is 1. The molecule has 0 spiro atoms. The second-order valence-corrected chi connectivity index (χ2v) is 5.89. The maximum Gasteiger partial charge on any atom is 0.191 e. The predicted octanol–water partition coefficient (Wildman–Crippen LogP) is 3.07. The molecule has 22 heavy (non-hydrogen) atoms. The Morgan fingerprint density at radius 1 is 1.36 bits per heavy atom. The highest BCUT2D eigenvalue weighted by molar-refractivity contribution is 14.0. The van der Waals surface area contributed by atoms with Crippen molar-refractivity contribution in [3.63, 3.8) is 0 Å². The number of hydrogen-bond donors (Lipinski definition) is 2. The monoisotopic (exact) mass is 433 g/mol. The molecule has 1 aliphatic rings. The zero-order valence-corrected chi connectivity index (χ0v) is 15.6. The summed E-state index contributed by atoms with van der Waals surface area (Å²) in [6.45, 7) is 1.64. The van der Waals surface area contributed by atoms with Crippen molar-refractivity contribution in [1.82, 2.24) is 20.0 Å². The van der Waals surface area contributed by atoms with Gasteiger partial charge in [0, 0.05) is 26.0 Å². The highest BCUT2D eigenvalue weighted by Gasteiger charge is 2.17. The summed E-state index contributed by atoms with van der Waals surface area (Å²) >= 11 is 5.97. The fourth-order valence-electron chi connectivity index (χ4n) is 2.44. The van der Waals surface area contributed by atoms with Gasteiger partial charge in [-0.25, -0.2) is 4.98 Å². The predicted molar refractivity (Wildman–Crippen MR) is 101 cm³/mol. The lowest BCUT2D eigenvalue weighted by Gasteiger charge is -2.26. The lowest BCUT2D eigenvalue weighted by Crippen LogP contribution is -2.40. The van der Waals surface area contributed by atoms with Crippen LogP contribution in [-0.4, -0.2) is 28.9 Å². The largest absolute Gasteiger partial charge is 0.356 e. The highest BCUT2D eigenvalue weighted by atomic mass is 127. The molecule has 0 unspecified atom stereocenters. The second-order valence-electron chi connectivity index (χ2n) is 5.45. The average Bonchev–Trinajstić information content (AvgIpc) is 2.82. The van der Waals surface area contributed by atoms with Gasteiger partial charge in [-0.2, -0.15) is 0 Å². The summed E-state index contributed by atoms with van der Waals surface area (Å²) in [4.78, 5) is 8.78. The van der Waals surface area contributed by atoms with Gasteiger partial charge in [-0.15, -0.1) is 24.0 Å². The molecule has 2 aromatic heterocycles. The van der Waals surface area contributed by atoms with Crippen molar-refractivity contribution in [1.29, 1.82) is 0 Å². The van der Waals surface area contributed by atoms with Gasteiger partial charge in [0.05, 0.1) is 17.3 Å². The smallest absolute Gasteiger partial charge is 0.191 e. The quantitative estimate of drug-likeness (QED) is 0.443. The van der Waals surface area contributed by atoms with Crippen LogP contribution in [0.5, 0.6) is 0 Å². The molecule has 0 radical (unpaired) electrons. The van der Waals surface area contributed by atoms with Gasteiger partial charge in [-0.1, -0.05) is 18.0 Å². The van der Waals surface area contributed by atoms with Crippen molar-refractivity contribution < 1.29 is 0 Å². The highest BCUT2D eigenvalue weighted by Crippen LogP contribution is 2.25. The van der Waals surface area contributed by atoms with Crippen molar-refractivity contribution in [3.05, 3.63) is 35.2 Å². The Hall–Kier alpha value is -1.02. The molecule has 0 amide bonds. The summed E-state index contributed by atoms with van der Waals surface area (Å²) < 4.78 is 1.93. The van der Waals surface area contributed by atoms with Gasteiger partial charge < -0.3 is 15.0 Å². The molecule has 2 aromatic rings. The molecule has 0 atom stereocenters. The normalized spacial score (nSPS) is 15.3. The van der Waals surface area contributed by atoms with E-state index in [2.05, 4.69) is 20.6 Å². The number of halogens is 2. The number of imidazole rings is 1. The summed E-state index contributed by atoms with van der Waals surface area (Å²) in [5.41, 5.74) is 1.86. The fourth-order valence-corrected chi connectivity index (χ4v) is 2.60. The standard InChI is InChI=1S/C15H20ClN5.HI/c1-17-15(18-7-11-3-2-4-11)19-8-13-10-21-9-12(16)5-6-14(21)20-13;/h5-6,9-11H,2-4,7-8H2,1H3,(H2,17,18,19);1H. The van der Waals surface area contributed by atoms with Crippen LogP contribution in [-0.2, 0) is 6.54 Å². The maximum atomic E-state index is 5.97. The van der Waals surface area contributed by atoms with Gasteiger partial charge in [-0.05, 0) is 30.9 Å². The number of nitrogens with one attached hydrogen (secondary N) is 2. The molecule has 0 bridgehead atoms. The topological polar surface area (TPSA) is 53.7 Å². The third kappa shape index (κ3) is 4.25. The SMILES string of the molecule is CN=C(NCc1cn2cc(Cl)ccc2n1)NCC1CCC1.I. The molecule has 120 valence electrons. The minimum absolute atomic E-state index is 0. The molecule has 2 N–H and O–H groups in total. The van der Waals surface area contributed by atoms with Crippen LogP contribution in [0.3, 0.4) is 0 Å². The van der Waals surface area contributed by atoms with Crippen LogP contribution in [0.4, 0.5) is 0 Å². The van der Waals surface area contributed by atoms with Crippen LogP contribution in [0.15, 0.2) is 29.5 Å². The molecular formula is C15H21ClIN5. The van der Waals surface area contributed by atoms with Crippen molar-refractivity contribution in [2.45, 2.75) is 25.8 Å². The van der Waals surface area contributed by atoms with Crippen LogP contribution in [0.2, 0.25) is 5.02 Å². The van der Waals surface area contributed by atoms with Crippen LogP contribution in [0.1, 0.15) is 25.0 Å². The first kappa shape index (κ1) is 17.3. The third-order valence-electron chi connectivity index (χ3n) is 3.91. The van der Waals surface area contributed by atoms with E-state index in [-0.39, 0.29) is 24.0 Å². The summed E-state index contributed by atoms with van der Waals surface area (Å²) in [5.74, 6) is 1.64. The van der Waals surface area contributed by atoms with Gasteiger partial charge in [-0.3, -0.25) is 4.99 Å². The summed E-state index contributed by atoms with van der Waals surface area (Å²) in [6, 6.07) is 3.76. The van der Waals surface area contributed by atoms with Gasteiger partial charge in [0.15, 0.2) is 5.96 Å². The van der Waals surface area contributed by atoms with Crippen molar-refractivity contribution in [3.8, 4) is 0 Å². The van der Waals surface area contributed by atoms with Gasteiger partial charge in [0.2, 0.25) is 0 Å². The number of aromatic nitrogens is 2. The molecule has 2 heterocycles. The van der Waals surface area contributed by atoms with E-state index in [0.29, 0.717) is 11.6 Å². The van der Waals surface area contributed by atoms with Gasteiger partial charge >= 0.3 is 0 Å². The number of guanidine groups is 1. The molecule has 0 aromatic carbocycles. The molecule has 1 aliphatic carbocycles. The van der Waals surface area contributed by atoms with Crippen molar-refractivity contribution in [2.24, 2.45) is 10.9 Å². The molecule has 5 nitrogen and oxygen atoms in total. The summed E-state index contributed by atoms with van der Waals surface area (Å²) in [6.07, 6.45) is 7.86.